The normalized spacial score (nSPS) is 12.3. The van der Waals surface area contributed by atoms with Gasteiger partial charge in [-0.1, -0.05) is 0 Å². The molecule has 0 aliphatic heterocycles. The van der Waals surface area contributed by atoms with E-state index in [0.717, 1.165) is 26.6 Å². The van der Waals surface area contributed by atoms with Crippen molar-refractivity contribution in [2.24, 2.45) is 12.8 Å². The number of aliphatic hydroxyl groups excluding tert-OH is 1. The van der Waals surface area contributed by atoms with Crippen molar-refractivity contribution in [1.29, 1.82) is 0 Å². The molecule has 1 aromatic carbocycles. The lowest BCUT2D eigenvalue weighted by Gasteiger charge is -2.11. The van der Waals surface area contributed by atoms with Gasteiger partial charge in [-0.25, -0.2) is 9.37 Å². The van der Waals surface area contributed by atoms with E-state index in [-0.39, 0.29) is 5.75 Å². The first-order chi connectivity index (χ1) is 13.4. The van der Waals surface area contributed by atoms with Crippen LogP contribution in [0.4, 0.5) is 10.1 Å². The quantitative estimate of drug-likeness (QED) is 0.444. The minimum Gasteiger partial charge on any atom is -0.453 e. The molecule has 0 radical (unpaired) electrons. The Kier molecular flexibility index (Phi) is 4.71. The molecule has 0 aliphatic carbocycles. The maximum Gasteiger partial charge on any atom is 0.178 e. The number of rotatable bonds is 5. The molecule has 3 aromatic heterocycles. The fraction of sp³-hybridized carbons (Fsp3) is 0.158. The first-order valence-corrected chi connectivity index (χ1v) is 9.29. The van der Waals surface area contributed by atoms with Gasteiger partial charge in [0.05, 0.1) is 15.1 Å². The molecule has 1 atom stereocenters. The number of thiophene rings is 1. The molecule has 0 saturated heterocycles. The van der Waals surface area contributed by atoms with Crippen molar-refractivity contribution >= 4 is 27.2 Å². The van der Waals surface area contributed by atoms with E-state index in [2.05, 4.69) is 15.3 Å². The fourth-order valence-corrected chi connectivity index (χ4v) is 3.89. The molecule has 0 spiro atoms. The Morgan fingerprint density at radius 2 is 2.07 bits per heavy atom. The number of hydrogen-bond acceptors (Lipinski definition) is 7. The second-order valence-corrected chi connectivity index (χ2v) is 7.30. The molecular formula is C19H18FN5O2S. The third-order valence-electron chi connectivity index (χ3n) is 4.28. The van der Waals surface area contributed by atoms with E-state index in [1.807, 2.05) is 30.8 Å². The second kappa shape index (κ2) is 7.19. The standard InChI is InChI=1S/C19H18FN5O2S/c1-10-9-23-18(25(10)2)16-8-13-17(28-16)15(5-6-22-13)27-14-4-3-11(7-12(14)20)24-19(21)26/h3-9,19,24,26H,21H2,1-2H3. The van der Waals surface area contributed by atoms with E-state index in [9.17, 15) is 4.39 Å². The molecule has 3 heterocycles. The molecule has 1 unspecified atom stereocenters. The lowest BCUT2D eigenvalue weighted by atomic mass is 10.3. The first kappa shape index (κ1) is 18.4. The van der Waals surface area contributed by atoms with Crippen LogP contribution in [0.25, 0.3) is 20.9 Å². The van der Waals surface area contributed by atoms with Crippen molar-refractivity contribution in [3.05, 3.63) is 54.2 Å². The molecule has 9 heteroatoms. The molecule has 0 aliphatic rings. The van der Waals surface area contributed by atoms with Gasteiger partial charge in [0.1, 0.15) is 11.6 Å². The Morgan fingerprint density at radius 3 is 2.75 bits per heavy atom. The average molecular weight is 399 g/mol. The van der Waals surface area contributed by atoms with Gasteiger partial charge in [-0.05, 0) is 25.1 Å². The Morgan fingerprint density at radius 1 is 1.25 bits per heavy atom. The molecule has 28 heavy (non-hydrogen) atoms. The number of ether oxygens (including phenoxy) is 1. The predicted octanol–water partition coefficient (Wildman–Crippen LogP) is 3.58. The van der Waals surface area contributed by atoms with Gasteiger partial charge in [0, 0.05) is 43.0 Å². The highest BCUT2D eigenvalue weighted by Crippen LogP contribution is 2.39. The van der Waals surface area contributed by atoms with Gasteiger partial charge in [-0.15, -0.1) is 11.3 Å². The summed E-state index contributed by atoms with van der Waals surface area (Å²) in [5, 5.41) is 11.7. The number of aromatic nitrogens is 3. The number of imidazole rings is 1. The SMILES string of the molecule is Cc1cnc(-c2cc3nccc(Oc4ccc(NC(N)O)cc4F)c3s2)n1C. The predicted molar refractivity (Wildman–Crippen MR) is 107 cm³/mol. The van der Waals surface area contributed by atoms with Gasteiger partial charge in [0.25, 0.3) is 0 Å². The lowest BCUT2D eigenvalue weighted by Crippen LogP contribution is -2.28. The number of aliphatic hydroxyl groups is 1. The van der Waals surface area contributed by atoms with E-state index in [0.29, 0.717) is 11.4 Å². The largest absolute Gasteiger partial charge is 0.453 e. The number of nitrogens with two attached hydrogens (primary N) is 1. The summed E-state index contributed by atoms with van der Waals surface area (Å²) in [5.41, 5.74) is 7.39. The number of anilines is 1. The maximum absolute atomic E-state index is 14.4. The highest BCUT2D eigenvalue weighted by Gasteiger charge is 2.15. The van der Waals surface area contributed by atoms with Crippen LogP contribution in [0.5, 0.6) is 11.5 Å². The van der Waals surface area contributed by atoms with Crippen LogP contribution in [0.3, 0.4) is 0 Å². The summed E-state index contributed by atoms with van der Waals surface area (Å²) in [6.45, 7) is 1.99. The van der Waals surface area contributed by atoms with Crippen LogP contribution in [0.15, 0.2) is 42.7 Å². The monoisotopic (exact) mass is 399 g/mol. The molecule has 0 bridgehead atoms. The number of pyridine rings is 1. The molecule has 4 N–H and O–H groups in total. The van der Waals surface area contributed by atoms with E-state index in [1.165, 1.54) is 23.5 Å². The minimum atomic E-state index is -1.27. The molecule has 144 valence electrons. The van der Waals surface area contributed by atoms with Gasteiger partial charge in [0.15, 0.2) is 17.9 Å². The van der Waals surface area contributed by atoms with Crippen LogP contribution in [0.1, 0.15) is 5.69 Å². The summed E-state index contributed by atoms with van der Waals surface area (Å²) in [6.07, 6.45) is 2.16. The molecule has 0 fully saturated rings. The number of hydrogen-bond donors (Lipinski definition) is 3. The highest BCUT2D eigenvalue weighted by atomic mass is 32.1. The van der Waals surface area contributed by atoms with Crippen molar-refractivity contribution in [3.8, 4) is 22.2 Å². The Bertz CT molecular complexity index is 1150. The van der Waals surface area contributed by atoms with Gasteiger partial charge < -0.3 is 19.7 Å². The minimum absolute atomic E-state index is 0.0624. The number of fused-ring (bicyclic) bond motifs is 1. The van der Waals surface area contributed by atoms with Crippen LogP contribution in [0, 0.1) is 12.7 Å². The van der Waals surface area contributed by atoms with Gasteiger partial charge in [0.2, 0.25) is 0 Å². The molecule has 7 nitrogen and oxygen atoms in total. The van der Waals surface area contributed by atoms with Crippen molar-refractivity contribution in [2.75, 3.05) is 5.32 Å². The number of halogens is 1. The van der Waals surface area contributed by atoms with E-state index >= 15 is 0 Å². The summed E-state index contributed by atoms with van der Waals surface area (Å²) >= 11 is 1.49. The summed E-state index contributed by atoms with van der Waals surface area (Å²) in [4.78, 5) is 9.78. The van der Waals surface area contributed by atoms with Crippen molar-refractivity contribution in [1.82, 2.24) is 14.5 Å². The summed E-state index contributed by atoms with van der Waals surface area (Å²) in [7, 11) is 1.95. The molecule has 4 rings (SSSR count). The third kappa shape index (κ3) is 3.42. The van der Waals surface area contributed by atoms with Crippen molar-refractivity contribution < 1.29 is 14.2 Å². The van der Waals surface area contributed by atoms with Crippen LogP contribution < -0.4 is 15.8 Å². The summed E-state index contributed by atoms with van der Waals surface area (Å²) in [5.74, 6) is 0.832. The van der Waals surface area contributed by atoms with Crippen molar-refractivity contribution in [3.63, 3.8) is 0 Å². The highest BCUT2D eigenvalue weighted by molar-refractivity contribution is 7.22. The Balaban J connectivity index is 1.69. The fourth-order valence-electron chi connectivity index (χ4n) is 2.79. The Hall–Kier alpha value is -3.01. The van der Waals surface area contributed by atoms with E-state index in [1.54, 1.807) is 18.3 Å². The van der Waals surface area contributed by atoms with Gasteiger partial charge in [-0.2, -0.15) is 0 Å². The third-order valence-corrected chi connectivity index (χ3v) is 5.42. The molecule has 0 saturated carbocycles. The number of nitrogens with zero attached hydrogens (tertiary/aromatic N) is 3. The van der Waals surface area contributed by atoms with E-state index < -0.39 is 12.2 Å². The maximum atomic E-state index is 14.4. The zero-order valence-corrected chi connectivity index (χ0v) is 16.0. The zero-order valence-electron chi connectivity index (χ0n) is 15.2. The smallest absolute Gasteiger partial charge is 0.178 e. The van der Waals surface area contributed by atoms with Crippen molar-refractivity contribution in [2.45, 2.75) is 13.3 Å². The molecule has 0 amide bonds. The van der Waals surface area contributed by atoms with Crippen LogP contribution in [-0.2, 0) is 7.05 Å². The van der Waals surface area contributed by atoms with Gasteiger partial charge >= 0.3 is 0 Å². The topological polar surface area (TPSA) is 98.2 Å². The van der Waals surface area contributed by atoms with E-state index in [4.69, 9.17) is 15.6 Å². The second-order valence-electron chi connectivity index (χ2n) is 6.25. The van der Waals surface area contributed by atoms with Crippen LogP contribution in [-0.4, -0.2) is 26.0 Å². The summed E-state index contributed by atoms with van der Waals surface area (Å²) < 4.78 is 23.0. The van der Waals surface area contributed by atoms with Gasteiger partial charge in [-0.3, -0.25) is 10.7 Å². The molecule has 4 aromatic rings. The first-order valence-electron chi connectivity index (χ1n) is 8.47. The Labute approximate surface area is 164 Å². The van der Waals surface area contributed by atoms with Crippen LogP contribution >= 0.6 is 11.3 Å². The number of benzene rings is 1. The molecular weight excluding hydrogens is 381 g/mol. The van der Waals surface area contributed by atoms with Crippen LogP contribution in [0.2, 0.25) is 0 Å². The lowest BCUT2D eigenvalue weighted by molar-refractivity contribution is 0.212. The zero-order chi connectivity index (χ0) is 19.8. The number of aryl methyl sites for hydroxylation is 1. The average Bonchev–Trinajstić information content (AvgIpc) is 3.21. The number of nitrogens with one attached hydrogen (secondary N) is 1. The summed E-state index contributed by atoms with van der Waals surface area (Å²) in [6, 6.07) is 7.90.